The summed E-state index contributed by atoms with van der Waals surface area (Å²) in [6.07, 6.45) is 2.14. The molecule has 16 heavy (non-hydrogen) atoms. The standard InChI is InChI=1S/C12H24N2OS/c1-4-14(10-5-7-13-8-6-10)12(15)11(16)9(2)3/h9-11,13,16H,4-8H2,1-3H3. The fourth-order valence-electron chi connectivity index (χ4n) is 2.17. The first-order valence-corrected chi connectivity index (χ1v) is 6.78. The Balaban J connectivity index is 2.61. The maximum absolute atomic E-state index is 12.2. The molecule has 1 N–H and O–H groups in total. The van der Waals surface area contributed by atoms with Crippen LogP contribution in [0.15, 0.2) is 0 Å². The number of carbonyl (C=O) groups excluding carboxylic acids is 1. The van der Waals surface area contributed by atoms with Gasteiger partial charge in [0.05, 0.1) is 5.25 Å². The third-order valence-electron chi connectivity index (χ3n) is 3.26. The molecular weight excluding hydrogens is 220 g/mol. The zero-order chi connectivity index (χ0) is 12.1. The lowest BCUT2D eigenvalue weighted by Gasteiger charge is -2.36. The molecule has 1 amide bonds. The quantitative estimate of drug-likeness (QED) is 0.735. The molecule has 1 atom stereocenters. The van der Waals surface area contributed by atoms with Gasteiger partial charge in [0, 0.05) is 12.6 Å². The molecule has 1 fully saturated rings. The van der Waals surface area contributed by atoms with Crippen LogP contribution in [0.1, 0.15) is 33.6 Å². The van der Waals surface area contributed by atoms with Gasteiger partial charge in [-0.15, -0.1) is 0 Å². The molecular formula is C12H24N2OS. The van der Waals surface area contributed by atoms with E-state index in [9.17, 15) is 4.79 Å². The minimum atomic E-state index is -0.158. The van der Waals surface area contributed by atoms with E-state index in [1.54, 1.807) is 0 Å². The van der Waals surface area contributed by atoms with E-state index in [-0.39, 0.29) is 11.2 Å². The summed E-state index contributed by atoms with van der Waals surface area (Å²) in [5.41, 5.74) is 0. The molecule has 3 nitrogen and oxygen atoms in total. The Morgan fingerprint density at radius 3 is 2.44 bits per heavy atom. The van der Waals surface area contributed by atoms with Crippen molar-refractivity contribution in [2.75, 3.05) is 19.6 Å². The van der Waals surface area contributed by atoms with Crippen LogP contribution >= 0.6 is 12.6 Å². The highest BCUT2D eigenvalue weighted by Crippen LogP contribution is 2.18. The van der Waals surface area contributed by atoms with Crippen LogP contribution in [0.3, 0.4) is 0 Å². The zero-order valence-electron chi connectivity index (χ0n) is 10.6. The predicted molar refractivity (Wildman–Crippen MR) is 70.9 cm³/mol. The largest absolute Gasteiger partial charge is 0.339 e. The van der Waals surface area contributed by atoms with Crippen molar-refractivity contribution in [3.05, 3.63) is 0 Å². The van der Waals surface area contributed by atoms with E-state index in [1.807, 2.05) is 18.7 Å². The first-order chi connectivity index (χ1) is 7.57. The summed E-state index contributed by atoms with van der Waals surface area (Å²) in [5, 5.41) is 3.17. The fourth-order valence-corrected chi connectivity index (χ4v) is 2.32. The van der Waals surface area contributed by atoms with Crippen LogP contribution in [0.2, 0.25) is 0 Å². The van der Waals surface area contributed by atoms with Gasteiger partial charge >= 0.3 is 0 Å². The zero-order valence-corrected chi connectivity index (χ0v) is 11.5. The van der Waals surface area contributed by atoms with Gasteiger partial charge in [-0.1, -0.05) is 13.8 Å². The number of thiol groups is 1. The van der Waals surface area contributed by atoms with Crippen LogP contribution in [0, 0.1) is 5.92 Å². The average Bonchev–Trinajstić information content (AvgIpc) is 2.30. The second kappa shape index (κ2) is 6.50. The van der Waals surface area contributed by atoms with E-state index in [0.717, 1.165) is 32.5 Å². The van der Waals surface area contributed by atoms with Gasteiger partial charge in [0.2, 0.25) is 5.91 Å². The van der Waals surface area contributed by atoms with E-state index in [2.05, 4.69) is 24.9 Å². The summed E-state index contributed by atoms with van der Waals surface area (Å²) in [6.45, 7) is 8.99. The maximum atomic E-state index is 12.2. The molecule has 1 heterocycles. The molecule has 0 saturated carbocycles. The second-order valence-corrected chi connectivity index (χ2v) is 5.35. The van der Waals surface area contributed by atoms with Crippen LogP contribution in [0.5, 0.6) is 0 Å². The SMILES string of the molecule is CCN(C(=O)C(S)C(C)C)C1CCNCC1. The predicted octanol–water partition coefficient (Wildman–Crippen LogP) is 1.54. The van der Waals surface area contributed by atoms with Crippen LogP contribution < -0.4 is 5.32 Å². The number of carbonyl (C=O) groups is 1. The van der Waals surface area contributed by atoms with Crippen molar-refractivity contribution in [1.29, 1.82) is 0 Å². The molecule has 0 aliphatic carbocycles. The molecule has 0 aromatic heterocycles. The first kappa shape index (κ1) is 13.8. The van der Waals surface area contributed by atoms with Gasteiger partial charge in [0.1, 0.15) is 0 Å². The third-order valence-corrected chi connectivity index (χ3v) is 4.07. The van der Waals surface area contributed by atoms with Crippen molar-refractivity contribution in [1.82, 2.24) is 10.2 Å². The highest BCUT2D eigenvalue weighted by Gasteiger charge is 2.28. The van der Waals surface area contributed by atoms with Crippen LogP contribution in [0.25, 0.3) is 0 Å². The Morgan fingerprint density at radius 1 is 1.44 bits per heavy atom. The Bertz CT molecular complexity index is 227. The number of nitrogens with one attached hydrogen (secondary N) is 1. The first-order valence-electron chi connectivity index (χ1n) is 6.27. The van der Waals surface area contributed by atoms with E-state index >= 15 is 0 Å². The fraction of sp³-hybridized carbons (Fsp3) is 0.917. The van der Waals surface area contributed by atoms with Crippen molar-refractivity contribution in [2.45, 2.75) is 44.9 Å². The molecule has 0 spiro atoms. The van der Waals surface area contributed by atoms with E-state index < -0.39 is 0 Å². The molecule has 1 saturated heterocycles. The highest BCUT2D eigenvalue weighted by molar-refractivity contribution is 7.81. The summed E-state index contributed by atoms with van der Waals surface area (Å²) in [5.74, 6) is 0.499. The van der Waals surface area contributed by atoms with Gasteiger partial charge in [0.25, 0.3) is 0 Å². The van der Waals surface area contributed by atoms with Gasteiger partial charge in [-0.05, 0) is 38.8 Å². The molecule has 1 rings (SSSR count). The third kappa shape index (κ3) is 3.39. The Hall–Kier alpha value is -0.220. The highest BCUT2D eigenvalue weighted by atomic mass is 32.1. The van der Waals surface area contributed by atoms with Gasteiger partial charge in [-0.3, -0.25) is 4.79 Å². The van der Waals surface area contributed by atoms with Crippen molar-refractivity contribution in [3.63, 3.8) is 0 Å². The molecule has 0 bridgehead atoms. The van der Waals surface area contributed by atoms with Crippen molar-refractivity contribution in [2.24, 2.45) is 5.92 Å². The summed E-state index contributed by atoms with van der Waals surface area (Å²) in [7, 11) is 0. The Labute approximate surface area is 104 Å². The number of rotatable bonds is 4. The lowest BCUT2D eigenvalue weighted by atomic mass is 10.0. The normalized spacial score (nSPS) is 19.8. The van der Waals surface area contributed by atoms with Gasteiger partial charge in [-0.25, -0.2) is 0 Å². The van der Waals surface area contributed by atoms with Crippen molar-refractivity contribution in [3.8, 4) is 0 Å². The van der Waals surface area contributed by atoms with E-state index in [4.69, 9.17) is 0 Å². The number of piperidine rings is 1. The van der Waals surface area contributed by atoms with Crippen LogP contribution in [0.4, 0.5) is 0 Å². The average molecular weight is 244 g/mol. The minimum absolute atomic E-state index is 0.158. The van der Waals surface area contributed by atoms with Crippen molar-refractivity contribution < 1.29 is 4.79 Å². The van der Waals surface area contributed by atoms with E-state index in [1.165, 1.54) is 0 Å². The topological polar surface area (TPSA) is 32.3 Å². The van der Waals surface area contributed by atoms with Gasteiger partial charge in [-0.2, -0.15) is 12.6 Å². The number of amides is 1. The summed E-state index contributed by atoms with van der Waals surface area (Å²) in [6, 6.07) is 0.409. The summed E-state index contributed by atoms with van der Waals surface area (Å²) >= 11 is 4.43. The number of nitrogens with zero attached hydrogens (tertiary/aromatic N) is 1. The molecule has 0 radical (unpaired) electrons. The van der Waals surface area contributed by atoms with Crippen molar-refractivity contribution >= 4 is 18.5 Å². The molecule has 0 aromatic carbocycles. The van der Waals surface area contributed by atoms with Crippen LogP contribution in [-0.2, 0) is 4.79 Å². The lowest BCUT2D eigenvalue weighted by Crippen LogP contribution is -2.49. The molecule has 4 heteroatoms. The molecule has 1 unspecified atom stereocenters. The second-order valence-electron chi connectivity index (χ2n) is 4.79. The van der Waals surface area contributed by atoms with Gasteiger partial charge in [0.15, 0.2) is 0 Å². The molecule has 1 aliphatic heterocycles. The molecule has 94 valence electrons. The Kier molecular flexibility index (Phi) is 5.62. The number of hydrogen-bond donors (Lipinski definition) is 2. The maximum Gasteiger partial charge on any atom is 0.235 e. The molecule has 1 aliphatic rings. The minimum Gasteiger partial charge on any atom is -0.339 e. The molecule has 0 aromatic rings. The monoisotopic (exact) mass is 244 g/mol. The summed E-state index contributed by atoms with van der Waals surface area (Å²) in [4.78, 5) is 14.3. The van der Waals surface area contributed by atoms with E-state index in [0.29, 0.717) is 12.0 Å². The lowest BCUT2D eigenvalue weighted by molar-refractivity contribution is -0.133. The summed E-state index contributed by atoms with van der Waals surface area (Å²) < 4.78 is 0. The Morgan fingerprint density at radius 2 is 2.00 bits per heavy atom. The smallest absolute Gasteiger partial charge is 0.235 e. The van der Waals surface area contributed by atoms with Crippen LogP contribution in [-0.4, -0.2) is 41.7 Å². The van der Waals surface area contributed by atoms with Gasteiger partial charge < -0.3 is 10.2 Å². The number of hydrogen-bond acceptors (Lipinski definition) is 3.